The number of nitrogens with one attached hydrogen (secondary N) is 1. The molecular formula is C11H17NO2. The van der Waals surface area contributed by atoms with Crippen LogP contribution in [-0.4, -0.2) is 25.8 Å². The van der Waals surface area contributed by atoms with Crippen LogP contribution in [0.5, 0.6) is 5.75 Å². The molecule has 1 atom stereocenters. The molecule has 3 heteroatoms. The zero-order valence-electron chi connectivity index (χ0n) is 8.66. The molecule has 0 heterocycles. The normalized spacial score (nSPS) is 12.5. The summed E-state index contributed by atoms with van der Waals surface area (Å²) in [5, 5.41) is 12.7. The highest BCUT2D eigenvalue weighted by Gasteiger charge is 2.05. The molecule has 0 aromatic heterocycles. The Hall–Kier alpha value is -1.06. The van der Waals surface area contributed by atoms with Crippen molar-refractivity contribution < 1.29 is 9.84 Å². The van der Waals surface area contributed by atoms with Gasteiger partial charge < -0.3 is 15.2 Å². The number of ether oxygens (including phenoxy) is 1. The largest absolute Gasteiger partial charge is 0.497 e. The third-order valence-electron chi connectivity index (χ3n) is 2.17. The van der Waals surface area contributed by atoms with Crippen molar-refractivity contribution in [1.29, 1.82) is 0 Å². The molecule has 0 aliphatic heterocycles. The molecule has 1 aromatic carbocycles. The summed E-state index contributed by atoms with van der Waals surface area (Å²) < 4.78 is 5.04. The third-order valence-corrected chi connectivity index (χ3v) is 2.17. The van der Waals surface area contributed by atoms with Crippen LogP contribution in [0.15, 0.2) is 24.3 Å². The van der Waals surface area contributed by atoms with E-state index in [0.29, 0.717) is 0 Å². The van der Waals surface area contributed by atoms with Crippen LogP contribution in [0.3, 0.4) is 0 Å². The topological polar surface area (TPSA) is 41.5 Å². The van der Waals surface area contributed by atoms with Crippen LogP contribution < -0.4 is 10.1 Å². The lowest BCUT2D eigenvalue weighted by atomic mass is 10.1. The van der Waals surface area contributed by atoms with E-state index in [9.17, 15) is 5.11 Å². The average molecular weight is 195 g/mol. The van der Waals surface area contributed by atoms with Gasteiger partial charge in [-0.05, 0) is 37.7 Å². The van der Waals surface area contributed by atoms with Crippen LogP contribution in [0.25, 0.3) is 0 Å². The highest BCUT2D eigenvalue weighted by atomic mass is 16.5. The first-order valence-electron chi connectivity index (χ1n) is 4.74. The third kappa shape index (κ3) is 3.01. The predicted molar refractivity (Wildman–Crippen MR) is 56.5 cm³/mol. The van der Waals surface area contributed by atoms with E-state index in [1.165, 1.54) is 0 Å². The Morgan fingerprint density at radius 2 is 2.00 bits per heavy atom. The fourth-order valence-electron chi connectivity index (χ4n) is 1.27. The maximum atomic E-state index is 9.73. The molecule has 0 aliphatic carbocycles. The zero-order chi connectivity index (χ0) is 10.4. The Kier molecular flexibility index (Phi) is 4.43. The number of methoxy groups -OCH3 is 1. The second kappa shape index (κ2) is 5.62. The van der Waals surface area contributed by atoms with Gasteiger partial charge in [-0.2, -0.15) is 0 Å². The Bertz CT molecular complexity index is 258. The molecule has 1 aromatic rings. The number of hydrogen-bond donors (Lipinski definition) is 2. The first-order valence-corrected chi connectivity index (χ1v) is 4.74. The number of benzene rings is 1. The fraction of sp³-hybridized carbons (Fsp3) is 0.455. The van der Waals surface area contributed by atoms with E-state index in [-0.39, 0.29) is 0 Å². The molecule has 0 radical (unpaired) electrons. The van der Waals surface area contributed by atoms with Gasteiger partial charge in [0.1, 0.15) is 5.75 Å². The number of hydrogen-bond acceptors (Lipinski definition) is 3. The quantitative estimate of drug-likeness (QED) is 0.745. The molecule has 2 N–H and O–H groups in total. The Morgan fingerprint density at radius 1 is 1.36 bits per heavy atom. The van der Waals surface area contributed by atoms with Crippen LogP contribution in [-0.2, 0) is 0 Å². The molecule has 0 fully saturated rings. The highest BCUT2D eigenvalue weighted by molar-refractivity contribution is 5.28. The molecule has 14 heavy (non-hydrogen) atoms. The lowest BCUT2D eigenvalue weighted by molar-refractivity contribution is 0.167. The van der Waals surface area contributed by atoms with Crippen LogP contribution in [0, 0.1) is 0 Å². The maximum absolute atomic E-state index is 9.73. The Labute approximate surface area is 84.7 Å². The van der Waals surface area contributed by atoms with Gasteiger partial charge in [0, 0.05) is 0 Å². The average Bonchev–Trinajstić information content (AvgIpc) is 2.26. The van der Waals surface area contributed by atoms with Gasteiger partial charge in [-0.25, -0.2) is 0 Å². The van der Waals surface area contributed by atoms with Crippen molar-refractivity contribution in [2.24, 2.45) is 0 Å². The van der Waals surface area contributed by atoms with Gasteiger partial charge in [-0.15, -0.1) is 0 Å². The summed E-state index contributed by atoms with van der Waals surface area (Å²) in [5.74, 6) is 0.814. The minimum atomic E-state index is -0.395. The van der Waals surface area contributed by atoms with Crippen LogP contribution in [0.4, 0.5) is 0 Å². The molecule has 0 spiro atoms. The van der Waals surface area contributed by atoms with Crippen molar-refractivity contribution in [1.82, 2.24) is 5.32 Å². The van der Waals surface area contributed by atoms with Gasteiger partial charge in [0.2, 0.25) is 0 Å². The van der Waals surface area contributed by atoms with Crippen molar-refractivity contribution in [3.63, 3.8) is 0 Å². The molecule has 78 valence electrons. The number of aliphatic hydroxyl groups excluding tert-OH is 1. The summed E-state index contributed by atoms with van der Waals surface area (Å²) in [4.78, 5) is 0. The van der Waals surface area contributed by atoms with E-state index < -0.39 is 6.10 Å². The second-order valence-electron chi connectivity index (χ2n) is 3.18. The molecule has 0 saturated heterocycles. The summed E-state index contributed by atoms with van der Waals surface area (Å²) in [6.45, 7) is 0.813. The van der Waals surface area contributed by atoms with E-state index in [1.54, 1.807) is 7.11 Å². The van der Waals surface area contributed by atoms with Crippen molar-refractivity contribution in [3.8, 4) is 5.75 Å². The van der Waals surface area contributed by atoms with Gasteiger partial charge in [-0.3, -0.25) is 0 Å². The second-order valence-corrected chi connectivity index (χ2v) is 3.18. The Morgan fingerprint density at radius 3 is 2.50 bits per heavy atom. The summed E-state index contributed by atoms with van der Waals surface area (Å²) in [6.07, 6.45) is 0.330. The minimum absolute atomic E-state index is 0.395. The molecule has 0 amide bonds. The molecular weight excluding hydrogens is 178 g/mol. The van der Waals surface area contributed by atoms with Crippen LogP contribution in [0.2, 0.25) is 0 Å². The summed E-state index contributed by atoms with van der Waals surface area (Å²) in [7, 11) is 3.51. The van der Waals surface area contributed by atoms with Crippen LogP contribution >= 0.6 is 0 Å². The van der Waals surface area contributed by atoms with Crippen molar-refractivity contribution in [2.75, 3.05) is 20.7 Å². The maximum Gasteiger partial charge on any atom is 0.118 e. The SMILES string of the molecule is CNCC[C@@H](O)c1ccc(OC)cc1. The van der Waals surface area contributed by atoms with E-state index >= 15 is 0 Å². The predicted octanol–water partition coefficient (Wildman–Crippen LogP) is 1.34. The van der Waals surface area contributed by atoms with E-state index in [2.05, 4.69) is 5.32 Å². The minimum Gasteiger partial charge on any atom is -0.497 e. The van der Waals surface area contributed by atoms with Gasteiger partial charge in [-0.1, -0.05) is 12.1 Å². The van der Waals surface area contributed by atoms with Gasteiger partial charge in [0.05, 0.1) is 13.2 Å². The van der Waals surface area contributed by atoms with Gasteiger partial charge in [0.25, 0.3) is 0 Å². The van der Waals surface area contributed by atoms with Crippen molar-refractivity contribution in [3.05, 3.63) is 29.8 Å². The van der Waals surface area contributed by atoms with Crippen molar-refractivity contribution in [2.45, 2.75) is 12.5 Å². The first-order chi connectivity index (χ1) is 6.77. The summed E-state index contributed by atoms with van der Waals surface area (Å²) in [5.41, 5.74) is 0.932. The zero-order valence-corrected chi connectivity index (χ0v) is 8.66. The van der Waals surface area contributed by atoms with Gasteiger partial charge in [0.15, 0.2) is 0 Å². The fourth-order valence-corrected chi connectivity index (χ4v) is 1.27. The van der Waals surface area contributed by atoms with E-state index in [4.69, 9.17) is 4.74 Å². The summed E-state index contributed by atoms with van der Waals surface area (Å²) in [6, 6.07) is 7.49. The van der Waals surface area contributed by atoms with Crippen molar-refractivity contribution >= 4 is 0 Å². The molecule has 3 nitrogen and oxygen atoms in total. The monoisotopic (exact) mass is 195 g/mol. The van der Waals surface area contributed by atoms with Gasteiger partial charge >= 0.3 is 0 Å². The molecule has 0 unspecified atom stereocenters. The number of rotatable bonds is 5. The molecule has 1 rings (SSSR count). The first kappa shape index (κ1) is 11.0. The lowest BCUT2D eigenvalue weighted by Gasteiger charge is -2.10. The molecule has 0 aliphatic rings. The van der Waals surface area contributed by atoms with E-state index in [1.807, 2.05) is 31.3 Å². The Balaban J connectivity index is 2.57. The molecule has 0 saturated carbocycles. The molecule has 0 bridgehead atoms. The van der Waals surface area contributed by atoms with E-state index in [0.717, 1.165) is 24.3 Å². The highest BCUT2D eigenvalue weighted by Crippen LogP contribution is 2.19. The smallest absolute Gasteiger partial charge is 0.118 e. The van der Waals surface area contributed by atoms with Crippen LogP contribution in [0.1, 0.15) is 18.1 Å². The summed E-state index contributed by atoms with van der Waals surface area (Å²) >= 11 is 0. The standard InChI is InChI=1S/C11H17NO2/c1-12-8-7-11(13)9-3-5-10(14-2)6-4-9/h3-6,11-13H,7-8H2,1-2H3/t11-/m1/s1. The lowest BCUT2D eigenvalue weighted by Crippen LogP contribution is -2.11. The number of aliphatic hydroxyl groups is 1.